The lowest BCUT2D eigenvalue weighted by atomic mass is 10.2. The molecule has 22 heavy (non-hydrogen) atoms. The van der Waals surface area contributed by atoms with E-state index < -0.39 is 6.04 Å². The Morgan fingerprint density at radius 2 is 2.09 bits per heavy atom. The standard InChI is InChI=1S/C17H19N3O2/c1-12(17(22)18-11-13-6-3-2-4-7-13)20-16(21)10-14-8-5-9-15(14)19-20/h2-4,6-7,10,12H,5,8-9,11H2,1H3,(H,18,22). The Morgan fingerprint density at radius 3 is 2.86 bits per heavy atom. The number of hydrogen-bond donors (Lipinski definition) is 1. The number of benzene rings is 1. The molecule has 0 spiro atoms. The maximum Gasteiger partial charge on any atom is 0.267 e. The summed E-state index contributed by atoms with van der Waals surface area (Å²) in [6.07, 6.45) is 2.82. The Labute approximate surface area is 129 Å². The van der Waals surface area contributed by atoms with Crippen molar-refractivity contribution in [3.05, 3.63) is 63.6 Å². The van der Waals surface area contributed by atoms with Crippen LogP contribution < -0.4 is 10.9 Å². The summed E-state index contributed by atoms with van der Waals surface area (Å²) in [6.45, 7) is 2.15. The van der Waals surface area contributed by atoms with Crippen LogP contribution in [0.25, 0.3) is 0 Å². The number of rotatable bonds is 4. The fraction of sp³-hybridized carbons (Fsp3) is 0.353. The van der Waals surface area contributed by atoms with Crippen molar-refractivity contribution >= 4 is 5.91 Å². The van der Waals surface area contributed by atoms with Crippen LogP contribution in [-0.2, 0) is 24.2 Å². The van der Waals surface area contributed by atoms with Gasteiger partial charge >= 0.3 is 0 Å². The van der Waals surface area contributed by atoms with Crippen LogP contribution in [0.15, 0.2) is 41.2 Å². The van der Waals surface area contributed by atoms with Crippen LogP contribution >= 0.6 is 0 Å². The van der Waals surface area contributed by atoms with Crippen molar-refractivity contribution in [1.29, 1.82) is 0 Å². The second-order valence-corrected chi connectivity index (χ2v) is 5.63. The first kappa shape index (κ1) is 14.5. The topological polar surface area (TPSA) is 64.0 Å². The van der Waals surface area contributed by atoms with Gasteiger partial charge < -0.3 is 5.32 Å². The maximum atomic E-state index is 12.3. The van der Waals surface area contributed by atoms with Gasteiger partial charge in [0.05, 0.1) is 5.69 Å². The van der Waals surface area contributed by atoms with Gasteiger partial charge in [-0.15, -0.1) is 0 Å². The summed E-state index contributed by atoms with van der Waals surface area (Å²) in [5.74, 6) is -0.198. The lowest BCUT2D eigenvalue weighted by Gasteiger charge is -2.15. The van der Waals surface area contributed by atoms with E-state index in [9.17, 15) is 9.59 Å². The average molecular weight is 297 g/mol. The molecule has 1 N–H and O–H groups in total. The molecule has 114 valence electrons. The summed E-state index contributed by atoms with van der Waals surface area (Å²) >= 11 is 0. The molecule has 0 radical (unpaired) electrons. The van der Waals surface area contributed by atoms with Gasteiger partial charge in [-0.1, -0.05) is 30.3 Å². The smallest absolute Gasteiger partial charge is 0.267 e. The quantitative estimate of drug-likeness (QED) is 0.932. The Bertz CT molecular complexity index is 737. The molecule has 0 aliphatic heterocycles. The van der Waals surface area contributed by atoms with Crippen molar-refractivity contribution in [3.8, 4) is 0 Å². The number of nitrogens with one attached hydrogen (secondary N) is 1. The largest absolute Gasteiger partial charge is 0.350 e. The number of aromatic nitrogens is 2. The number of amides is 1. The monoisotopic (exact) mass is 297 g/mol. The van der Waals surface area contributed by atoms with Gasteiger partial charge in [0.25, 0.3) is 5.56 Å². The second kappa shape index (κ2) is 6.13. The predicted molar refractivity (Wildman–Crippen MR) is 83.5 cm³/mol. The minimum absolute atomic E-state index is 0.198. The third-order valence-corrected chi connectivity index (χ3v) is 4.04. The normalized spacial score (nSPS) is 14.4. The van der Waals surface area contributed by atoms with Crippen molar-refractivity contribution in [3.63, 3.8) is 0 Å². The van der Waals surface area contributed by atoms with E-state index in [0.717, 1.165) is 36.1 Å². The van der Waals surface area contributed by atoms with Crippen molar-refractivity contribution in [2.24, 2.45) is 0 Å². The summed E-state index contributed by atoms with van der Waals surface area (Å²) < 4.78 is 1.30. The van der Waals surface area contributed by atoms with E-state index in [-0.39, 0.29) is 11.5 Å². The molecule has 1 aromatic carbocycles. The molecule has 0 fully saturated rings. The molecule has 1 aromatic heterocycles. The zero-order chi connectivity index (χ0) is 15.5. The minimum Gasteiger partial charge on any atom is -0.350 e. The highest BCUT2D eigenvalue weighted by atomic mass is 16.2. The van der Waals surface area contributed by atoms with Crippen LogP contribution in [0, 0.1) is 0 Å². The first-order valence-corrected chi connectivity index (χ1v) is 7.58. The highest BCUT2D eigenvalue weighted by Crippen LogP contribution is 2.18. The third kappa shape index (κ3) is 2.93. The van der Waals surface area contributed by atoms with E-state index >= 15 is 0 Å². The van der Waals surface area contributed by atoms with Crippen LogP contribution in [-0.4, -0.2) is 15.7 Å². The Kier molecular flexibility index (Phi) is 4.04. The molecule has 1 unspecified atom stereocenters. The molecule has 5 heteroatoms. The summed E-state index contributed by atoms with van der Waals surface area (Å²) in [7, 11) is 0. The first-order valence-electron chi connectivity index (χ1n) is 7.58. The number of carbonyl (C=O) groups is 1. The van der Waals surface area contributed by atoms with Crippen molar-refractivity contribution in [2.75, 3.05) is 0 Å². The van der Waals surface area contributed by atoms with Crippen LogP contribution in [0.1, 0.15) is 36.2 Å². The molecule has 1 atom stereocenters. The summed E-state index contributed by atoms with van der Waals surface area (Å²) in [5.41, 5.74) is 2.79. The van der Waals surface area contributed by atoms with Gasteiger partial charge in [0, 0.05) is 12.6 Å². The van der Waals surface area contributed by atoms with E-state index in [1.54, 1.807) is 13.0 Å². The molecule has 1 aliphatic carbocycles. The third-order valence-electron chi connectivity index (χ3n) is 4.04. The van der Waals surface area contributed by atoms with Gasteiger partial charge in [0.2, 0.25) is 5.91 Å². The maximum absolute atomic E-state index is 12.3. The van der Waals surface area contributed by atoms with Crippen molar-refractivity contribution in [2.45, 2.75) is 38.8 Å². The Balaban J connectivity index is 1.72. The van der Waals surface area contributed by atoms with Crippen molar-refractivity contribution in [1.82, 2.24) is 15.1 Å². The molecule has 5 nitrogen and oxygen atoms in total. The Hall–Kier alpha value is -2.43. The summed E-state index contributed by atoms with van der Waals surface area (Å²) in [6, 6.07) is 10.7. The van der Waals surface area contributed by atoms with Crippen LogP contribution in [0.5, 0.6) is 0 Å². The van der Waals surface area contributed by atoms with Gasteiger partial charge in [-0.05, 0) is 37.3 Å². The van der Waals surface area contributed by atoms with Gasteiger partial charge in [-0.2, -0.15) is 5.10 Å². The van der Waals surface area contributed by atoms with Crippen LogP contribution in [0.2, 0.25) is 0 Å². The van der Waals surface area contributed by atoms with Crippen LogP contribution in [0.3, 0.4) is 0 Å². The molecule has 1 heterocycles. The minimum atomic E-state index is -0.609. The summed E-state index contributed by atoms with van der Waals surface area (Å²) in [4.78, 5) is 24.4. The Morgan fingerprint density at radius 1 is 1.32 bits per heavy atom. The molecule has 0 saturated carbocycles. The molecule has 1 amide bonds. The van der Waals surface area contributed by atoms with E-state index in [0.29, 0.717) is 6.54 Å². The average Bonchev–Trinajstić information content (AvgIpc) is 2.99. The highest BCUT2D eigenvalue weighted by molar-refractivity contribution is 5.79. The van der Waals surface area contributed by atoms with Gasteiger partial charge in [0.15, 0.2) is 0 Å². The van der Waals surface area contributed by atoms with Crippen molar-refractivity contribution < 1.29 is 4.79 Å². The number of aryl methyl sites for hydroxylation is 2. The van der Waals surface area contributed by atoms with Crippen LogP contribution in [0.4, 0.5) is 0 Å². The number of carbonyl (C=O) groups excluding carboxylic acids is 1. The number of fused-ring (bicyclic) bond motifs is 1. The van der Waals surface area contributed by atoms with Gasteiger partial charge in [0.1, 0.15) is 6.04 Å². The number of hydrogen-bond acceptors (Lipinski definition) is 3. The highest BCUT2D eigenvalue weighted by Gasteiger charge is 2.21. The predicted octanol–water partition coefficient (Wildman–Crippen LogP) is 1.61. The molecule has 1 aliphatic rings. The zero-order valence-corrected chi connectivity index (χ0v) is 12.6. The molecule has 3 rings (SSSR count). The molecular weight excluding hydrogens is 278 g/mol. The number of nitrogens with zero attached hydrogens (tertiary/aromatic N) is 2. The SMILES string of the molecule is CC(C(=O)NCc1ccccc1)n1nc2c(cc1=O)CCC2. The van der Waals surface area contributed by atoms with Gasteiger partial charge in [-0.3, -0.25) is 9.59 Å². The zero-order valence-electron chi connectivity index (χ0n) is 12.6. The fourth-order valence-corrected chi connectivity index (χ4v) is 2.74. The van der Waals surface area contributed by atoms with E-state index in [1.165, 1.54) is 4.68 Å². The van der Waals surface area contributed by atoms with E-state index in [1.807, 2.05) is 30.3 Å². The van der Waals surface area contributed by atoms with E-state index in [4.69, 9.17) is 0 Å². The molecular formula is C17H19N3O2. The molecule has 0 bridgehead atoms. The fourth-order valence-electron chi connectivity index (χ4n) is 2.74. The van der Waals surface area contributed by atoms with E-state index in [2.05, 4.69) is 10.4 Å². The summed E-state index contributed by atoms with van der Waals surface area (Å²) in [5, 5.41) is 7.23. The lowest BCUT2D eigenvalue weighted by Crippen LogP contribution is -2.37. The van der Waals surface area contributed by atoms with Gasteiger partial charge in [-0.25, -0.2) is 4.68 Å². The lowest BCUT2D eigenvalue weighted by molar-refractivity contribution is -0.124. The second-order valence-electron chi connectivity index (χ2n) is 5.63. The first-order chi connectivity index (χ1) is 10.6. The molecule has 2 aromatic rings. The molecule has 0 saturated heterocycles.